The SMILES string of the molecule is C=C(C)C[C@@H](NC(=O)c1ccc(C(F)(F)F)cc1)C(N)=O. The number of nitrogens with two attached hydrogens (primary N) is 1. The van der Waals surface area contributed by atoms with Crippen molar-refractivity contribution in [2.24, 2.45) is 5.73 Å². The minimum absolute atomic E-state index is 0.0102. The molecule has 0 heterocycles. The van der Waals surface area contributed by atoms with Gasteiger partial charge in [0.05, 0.1) is 5.56 Å². The molecule has 0 saturated heterocycles. The predicted molar refractivity (Wildman–Crippen MR) is 71.3 cm³/mol. The second kappa shape index (κ2) is 6.43. The van der Waals surface area contributed by atoms with E-state index in [1.807, 2.05) is 0 Å². The zero-order valence-corrected chi connectivity index (χ0v) is 11.3. The summed E-state index contributed by atoms with van der Waals surface area (Å²) < 4.78 is 37.2. The molecule has 0 spiro atoms. The van der Waals surface area contributed by atoms with E-state index in [2.05, 4.69) is 11.9 Å². The van der Waals surface area contributed by atoms with Gasteiger partial charge in [0, 0.05) is 5.56 Å². The van der Waals surface area contributed by atoms with Crippen LogP contribution in [0.15, 0.2) is 36.4 Å². The highest BCUT2D eigenvalue weighted by Gasteiger charge is 2.30. The highest BCUT2D eigenvalue weighted by Crippen LogP contribution is 2.29. The highest BCUT2D eigenvalue weighted by molar-refractivity contribution is 5.97. The lowest BCUT2D eigenvalue weighted by Crippen LogP contribution is -2.44. The van der Waals surface area contributed by atoms with Gasteiger partial charge in [0.2, 0.25) is 5.91 Å². The summed E-state index contributed by atoms with van der Waals surface area (Å²) in [7, 11) is 0. The van der Waals surface area contributed by atoms with Gasteiger partial charge >= 0.3 is 6.18 Å². The van der Waals surface area contributed by atoms with E-state index < -0.39 is 29.6 Å². The first-order chi connectivity index (χ1) is 9.61. The molecule has 0 saturated carbocycles. The second-order valence-corrected chi connectivity index (χ2v) is 4.66. The van der Waals surface area contributed by atoms with Crippen molar-refractivity contribution >= 4 is 11.8 Å². The first-order valence-corrected chi connectivity index (χ1v) is 6.03. The molecule has 1 atom stereocenters. The van der Waals surface area contributed by atoms with Gasteiger partial charge < -0.3 is 11.1 Å². The summed E-state index contributed by atoms with van der Waals surface area (Å²) in [6, 6.07) is 2.73. The Bertz CT molecular complexity index is 550. The van der Waals surface area contributed by atoms with E-state index in [-0.39, 0.29) is 12.0 Å². The van der Waals surface area contributed by atoms with Gasteiger partial charge in [-0.15, -0.1) is 6.58 Å². The van der Waals surface area contributed by atoms with Crippen molar-refractivity contribution in [2.45, 2.75) is 25.6 Å². The Morgan fingerprint density at radius 3 is 2.19 bits per heavy atom. The van der Waals surface area contributed by atoms with Crippen LogP contribution < -0.4 is 11.1 Å². The minimum atomic E-state index is -4.47. The van der Waals surface area contributed by atoms with Crippen molar-refractivity contribution in [2.75, 3.05) is 0 Å². The van der Waals surface area contributed by atoms with E-state index in [1.54, 1.807) is 6.92 Å². The summed E-state index contributed by atoms with van der Waals surface area (Å²) in [5, 5.41) is 2.37. The first-order valence-electron chi connectivity index (χ1n) is 6.03. The van der Waals surface area contributed by atoms with Crippen LogP contribution in [0.5, 0.6) is 0 Å². The highest BCUT2D eigenvalue weighted by atomic mass is 19.4. The molecule has 114 valence electrons. The van der Waals surface area contributed by atoms with Gasteiger partial charge in [0.1, 0.15) is 6.04 Å². The first kappa shape index (κ1) is 16.7. The Kier molecular flexibility index (Phi) is 5.12. The van der Waals surface area contributed by atoms with Crippen LogP contribution in [0.2, 0.25) is 0 Å². The monoisotopic (exact) mass is 300 g/mol. The number of amides is 2. The molecule has 0 bridgehead atoms. The molecule has 0 fully saturated rings. The number of nitrogens with one attached hydrogen (secondary N) is 1. The Balaban J connectivity index is 2.83. The number of carbonyl (C=O) groups excluding carboxylic acids is 2. The molecule has 3 N–H and O–H groups in total. The van der Waals surface area contributed by atoms with Crippen LogP contribution in [0, 0.1) is 0 Å². The molecule has 0 aliphatic rings. The molecule has 1 rings (SSSR count). The smallest absolute Gasteiger partial charge is 0.368 e. The van der Waals surface area contributed by atoms with Gasteiger partial charge in [-0.1, -0.05) is 5.57 Å². The molecular formula is C14H15F3N2O2. The normalized spacial score (nSPS) is 12.6. The van der Waals surface area contributed by atoms with Crippen molar-refractivity contribution in [1.82, 2.24) is 5.32 Å². The third-order valence-corrected chi connectivity index (χ3v) is 2.68. The van der Waals surface area contributed by atoms with E-state index in [0.717, 1.165) is 24.3 Å². The number of rotatable bonds is 5. The zero-order valence-electron chi connectivity index (χ0n) is 11.3. The molecule has 0 aliphatic heterocycles. The van der Waals surface area contributed by atoms with Crippen LogP contribution in [0.1, 0.15) is 29.3 Å². The van der Waals surface area contributed by atoms with E-state index >= 15 is 0 Å². The fourth-order valence-electron chi connectivity index (χ4n) is 1.62. The summed E-state index contributed by atoms with van der Waals surface area (Å²) in [6.07, 6.45) is -4.30. The van der Waals surface area contributed by atoms with Crippen molar-refractivity contribution in [1.29, 1.82) is 0 Å². The molecule has 2 amide bonds. The maximum atomic E-state index is 12.4. The quantitative estimate of drug-likeness (QED) is 0.819. The van der Waals surface area contributed by atoms with E-state index in [0.29, 0.717) is 5.57 Å². The van der Waals surface area contributed by atoms with Crippen LogP contribution in [0.25, 0.3) is 0 Å². The van der Waals surface area contributed by atoms with Gasteiger partial charge in [-0.05, 0) is 37.6 Å². The molecule has 0 unspecified atom stereocenters. The number of hydrogen-bond donors (Lipinski definition) is 2. The molecule has 1 aromatic rings. The van der Waals surface area contributed by atoms with Gasteiger partial charge in [0.25, 0.3) is 5.91 Å². The average Bonchev–Trinajstić information content (AvgIpc) is 2.36. The maximum Gasteiger partial charge on any atom is 0.416 e. The van der Waals surface area contributed by atoms with E-state index in [4.69, 9.17) is 5.73 Å². The lowest BCUT2D eigenvalue weighted by atomic mass is 10.1. The fourth-order valence-corrected chi connectivity index (χ4v) is 1.62. The van der Waals surface area contributed by atoms with Crippen LogP contribution in [-0.2, 0) is 11.0 Å². The Morgan fingerprint density at radius 2 is 1.81 bits per heavy atom. The molecule has 0 aliphatic carbocycles. The van der Waals surface area contributed by atoms with Gasteiger partial charge in [-0.25, -0.2) is 0 Å². The number of primary amides is 1. The molecule has 1 aromatic carbocycles. The van der Waals surface area contributed by atoms with Crippen LogP contribution >= 0.6 is 0 Å². The van der Waals surface area contributed by atoms with E-state index in [9.17, 15) is 22.8 Å². The molecule has 7 heteroatoms. The maximum absolute atomic E-state index is 12.4. The molecule has 0 aromatic heterocycles. The van der Waals surface area contributed by atoms with Crippen LogP contribution in [-0.4, -0.2) is 17.9 Å². The lowest BCUT2D eigenvalue weighted by Gasteiger charge is -2.15. The summed E-state index contributed by atoms with van der Waals surface area (Å²) in [4.78, 5) is 23.1. The zero-order chi connectivity index (χ0) is 16.2. The molecule has 4 nitrogen and oxygen atoms in total. The fraction of sp³-hybridized carbons (Fsp3) is 0.286. The topological polar surface area (TPSA) is 72.2 Å². The number of halogens is 3. The third kappa shape index (κ3) is 4.94. The second-order valence-electron chi connectivity index (χ2n) is 4.66. The Hall–Kier alpha value is -2.31. The predicted octanol–water partition coefficient (Wildman–Crippen LogP) is 2.26. The Labute approximate surface area is 119 Å². The van der Waals surface area contributed by atoms with Gasteiger partial charge in [-0.3, -0.25) is 9.59 Å². The summed E-state index contributed by atoms with van der Waals surface area (Å²) in [5.74, 6) is -1.41. The number of carbonyl (C=O) groups is 2. The third-order valence-electron chi connectivity index (χ3n) is 2.68. The van der Waals surface area contributed by atoms with Crippen LogP contribution in [0.4, 0.5) is 13.2 Å². The average molecular weight is 300 g/mol. The number of alkyl halides is 3. The summed E-state index contributed by atoms with van der Waals surface area (Å²) >= 11 is 0. The minimum Gasteiger partial charge on any atom is -0.368 e. The van der Waals surface area contributed by atoms with Crippen LogP contribution in [0.3, 0.4) is 0 Å². The van der Waals surface area contributed by atoms with Gasteiger partial charge in [-0.2, -0.15) is 13.2 Å². The number of hydrogen-bond acceptors (Lipinski definition) is 2. The van der Waals surface area contributed by atoms with E-state index in [1.165, 1.54) is 0 Å². The molecule has 21 heavy (non-hydrogen) atoms. The summed E-state index contributed by atoms with van der Waals surface area (Å²) in [6.45, 7) is 5.28. The largest absolute Gasteiger partial charge is 0.416 e. The number of benzene rings is 1. The van der Waals surface area contributed by atoms with Crippen molar-refractivity contribution < 1.29 is 22.8 Å². The van der Waals surface area contributed by atoms with Crippen molar-refractivity contribution in [3.63, 3.8) is 0 Å². The molecule has 0 radical (unpaired) electrons. The Morgan fingerprint density at radius 1 is 1.29 bits per heavy atom. The lowest BCUT2D eigenvalue weighted by molar-refractivity contribution is -0.137. The van der Waals surface area contributed by atoms with Crippen molar-refractivity contribution in [3.8, 4) is 0 Å². The summed E-state index contributed by atoms with van der Waals surface area (Å²) in [5.41, 5.74) is 4.95. The van der Waals surface area contributed by atoms with Gasteiger partial charge in [0.15, 0.2) is 0 Å². The molecular weight excluding hydrogens is 285 g/mol. The van der Waals surface area contributed by atoms with Crippen molar-refractivity contribution in [3.05, 3.63) is 47.5 Å². The standard InChI is InChI=1S/C14H15F3N2O2/c1-8(2)7-11(12(18)20)19-13(21)9-3-5-10(6-4-9)14(15,16)17/h3-6,11H,1,7H2,2H3,(H2,18,20)(H,19,21)/t11-/m1/s1.